The third-order valence-corrected chi connectivity index (χ3v) is 4.82. The van der Waals surface area contributed by atoms with Gasteiger partial charge in [-0.3, -0.25) is 10.0 Å². The van der Waals surface area contributed by atoms with Crippen LogP contribution in [0.1, 0.15) is 17.3 Å². The fourth-order valence-electron chi connectivity index (χ4n) is 1.83. The fourth-order valence-corrected chi connectivity index (χ4v) is 2.46. The molecule has 94 valence electrons. The normalized spacial score (nSPS) is 26.1. The summed E-state index contributed by atoms with van der Waals surface area (Å²) >= 11 is 2.10. The van der Waals surface area contributed by atoms with Gasteiger partial charge in [0.05, 0.1) is 0 Å². The Morgan fingerprint density at radius 3 is 2.61 bits per heavy atom. The topological polar surface area (TPSA) is 40.5 Å². The van der Waals surface area contributed by atoms with E-state index in [-0.39, 0.29) is 5.92 Å². The Labute approximate surface area is 120 Å². The van der Waals surface area contributed by atoms with Crippen LogP contribution in [0.2, 0.25) is 0 Å². The largest absolute Gasteiger partial charge is 0.284 e. The van der Waals surface area contributed by atoms with Crippen LogP contribution >= 0.6 is 22.6 Å². The van der Waals surface area contributed by atoms with Crippen LogP contribution in [0.4, 0.5) is 0 Å². The lowest BCUT2D eigenvalue weighted by molar-refractivity contribution is -0.0901. The first-order valence-electron chi connectivity index (χ1n) is 5.69. The van der Waals surface area contributed by atoms with Gasteiger partial charge in [-0.05, 0) is 40.8 Å². The second kappa shape index (κ2) is 5.24. The summed E-state index contributed by atoms with van der Waals surface area (Å²) in [7, 11) is 0. The first-order valence-corrected chi connectivity index (χ1v) is 6.77. The summed E-state index contributed by atoms with van der Waals surface area (Å²) in [6.07, 6.45) is 7.56. The first kappa shape index (κ1) is 13.3. The second-order valence-corrected chi connectivity index (χ2v) is 5.97. The number of hydroxylamine groups is 2. The third-order valence-electron chi connectivity index (χ3n) is 3.02. The molecule has 4 heteroatoms. The highest BCUT2D eigenvalue weighted by Crippen LogP contribution is 2.36. The summed E-state index contributed by atoms with van der Waals surface area (Å²) in [5.74, 6) is -0.349. The predicted octanol–water partition coefficient (Wildman–Crippen LogP) is 3.41. The van der Waals surface area contributed by atoms with E-state index in [9.17, 15) is 10.0 Å². The van der Waals surface area contributed by atoms with E-state index >= 15 is 0 Å². The maximum absolute atomic E-state index is 12.2. The highest BCUT2D eigenvalue weighted by atomic mass is 127. The Morgan fingerprint density at radius 1 is 1.33 bits per heavy atom. The number of hydrogen-bond acceptors (Lipinski definition) is 2. The summed E-state index contributed by atoms with van der Waals surface area (Å²) in [5, 5.41) is 11.0. The van der Waals surface area contributed by atoms with Gasteiger partial charge in [-0.15, -0.1) is 0 Å². The summed E-state index contributed by atoms with van der Waals surface area (Å²) < 4.78 is -0.737. The number of amides is 1. The van der Waals surface area contributed by atoms with E-state index in [0.717, 1.165) is 5.06 Å². The molecule has 0 spiro atoms. The monoisotopic (exact) mass is 355 g/mol. The van der Waals surface area contributed by atoms with Crippen molar-refractivity contribution in [2.75, 3.05) is 0 Å². The molecule has 3 nitrogen and oxygen atoms in total. The molecule has 0 aromatic heterocycles. The van der Waals surface area contributed by atoms with Gasteiger partial charge < -0.3 is 0 Å². The molecule has 0 radical (unpaired) electrons. The lowest BCUT2D eigenvalue weighted by Crippen LogP contribution is -2.48. The molecule has 0 bridgehead atoms. The lowest BCUT2D eigenvalue weighted by atomic mass is 9.96. The van der Waals surface area contributed by atoms with Crippen molar-refractivity contribution in [1.82, 2.24) is 5.06 Å². The van der Waals surface area contributed by atoms with Crippen molar-refractivity contribution in [1.29, 1.82) is 0 Å². The maximum Gasteiger partial charge on any atom is 0.278 e. The summed E-state index contributed by atoms with van der Waals surface area (Å²) in [5.41, 5.74) is 0.478. The van der Waals surface area contributed by atoms with Gasteiger partial charge in [0.15, 0.2) is 0 Å². The van der Waals surface area contributed by atoms with Gasteiger partial charge in [0.2, 0.25) is 0 Å². The molecule has 1 aliphatic rings. The average Bonchev–Trinajstić information content (AvgIpc) is 2.41. The molecule has 0 saturated heterocycles. The zero-order valence-electron chi connectivity index (χ0n) is 9.95. The second-order valence-electron chi connectivity index (χ2n) is 4.24. The van der Waals surface area contributed by atoms with Gasteiger partial charge in [-0.2, -0.15) is 5.06 Å². The number of allylic oxidation sites excluding steroid dienone is 2. The molecule has 0 saturated carbocycles. The molecular formula is C14H14INO2. The van der Waals surface area contributed by atoms with Gasteiger partial charge in [0.25, 0.3) is 5.91 Å². The number of carbonyl (C=O) groups is 1. The van der Waals surface area contributed by atoms with Crippen LogP contribution in [0.5, 0.6) is 0 Å². The fraction of sp³-hybridized carbons (Fsp3) is 0.214. The Bertz CT molecular complexity index is 498. The highest BCUT2D eigenvalue weighted by molar-refractivity contribution is 14.1. The molecule has 2 rings (SSSR count). The molecule has 2 unspecified atom stereocenters. The van der Waals surface area contributed by atoms with E-state index in [1.54, 1.807) is 24.3 Å². The molecule has 1 aliphatic carbocycles. The summed E-state index contributed by atoms with van der Waals surface area (Å²) in [6, 6.07) is 8.78. The number of benzene rings is 1. The van der Waals surface area contributed by atoms with Gasteiger partial charge in [0, 0.05) is 11.5 Å². The van der Waals surface area contributed by atoms with E-state index < -0.39 is 9.45 Å². The van der Waals surface area contributed by atoms with Crippen molar-refractivity contribution in [2.45, 2.75) is 10.5 Å². The standard InChI is InChI=1S/C14H14INO2/c1-11-7-5-6-10-14(11,15)16(18)13(17)12-8-3-2-4-9-12/h2-11,18H,1H3. The highest BCUT2D eigenvalue weighted by Gasteiger charge is 2.39. The molecule has 1 aromatic rings. The van der Waals surface area contributed by atoms with Crippen LogP contribution < -0.4 is 0 Å². The summed E-state index contributed by atoms with van der Waals surface area (Å²) in [6.45, 7) is 1.97. The van der Waals surface area contributed by atoms with Gasteiger partial charge >= 0.3 is 0 Å². The average molecular weight is 355 g/mol. The van der Waals surface area contributed by atoms with E-state index in [2.05, 4.69) is 22.6 Å². The van der Waals surface area contributed by atoms with Crippen molar-refractivity contribution in [3.05, 3.63) is 60.2 Å². The Morgan fingerprint density at radius 2 is 2.00 bits per heavy atom. The van der Waals surface area contributed by atoms with Crippen molar-refractivity contribution in [3.63, 3.8) is 0 Å². The van der Waals surface area contributed by atoms with Gasteiger partial charge in [-0.25, -0.2) is 0 Å². The lowest BCUT2D eigenvalue weighted by Gasteiger charge is -2.37. The third kappa shape index (κ3) is 2.35. The first-order chi connectivity index (χ1) is 8.55. The van der Waals surface area contributed by atoms with Gasteiger partial charge in [-0.1, -0.05) is 43.4 Å². The van der Waals surface area contributed by atoms with Crippen molar-refractivity contribution < 1.29 is 10.0 Å². The smallest absolute Gasteiger partial charge is 0.278 e. The van der Waals surface area contributed by atoms with Gasteiger partial charge in [0.1, 0.15) is 3.55 Å². The minimum atomic E-state index is -0.737. The van der Waals surface area contributed by atoms with Crippen LogP contribution in [0.25, 0.3) is 0 Å². The molecule has 2 atom stereocenters. The van der Waals surface area contributed by atoms with Crippen LogP contribution in [0, 0.1) is 5.92 Å². The number of nitrogens with zero attached hydrogens (tertiary/aromatic N) is 1. The van der Waals surface area contributed by atoms with Crippen molar-refractivity contribution in [3.8, 4) is 0 Å². The van der Waals surface area contributed by atoms with Crippen LogP contribution in [0.15, 0.2) is 54.6 Å². The maximum atomic E-state index is 12.2. The molecule has 0 aliphatic heterocycles. The number of rotatable bonds is 2. The molecule has 1 N–H and O–H groups in total. The predicted molar refractivity (Wildman–Crippen MR) is 78.6 cm³/mol. The Kier molecular flexibility index (Phi) is 3.87. The zero-order valence-corrected chi connectivity index (χ0v) is 12.1. The van der Waals surface area contributed by atoms with Crippen LogP contribution in [0.3, 0.4) is 0 Å². The summed E-state index contributed by atoms with van der Waals surface area (Å²) in [4.78, 5) is 12.2. The number of halogens is 1. The SMILES string of the molecule is CC1C=CC=CC1(I)N(O)C(=O)c1ccccc1. The molecule has 0 heterocycles. The van der Waals surface area contributed by atoms with Crippen molar-refractivity contribution in [2.24, 2.45) is 5.92 Å². The quantitative estimate of drug-likeness (QED) is 0.290. The number of carbonyl (C=O) groups excluding carboxylic acids is 1. The van der Waals surface area contributed by atoms with Crippen LogP contribution in [-0.2, 0) is 0 Å². The zero-order chi connectivity index (χ0) is 13.2. The number of hydrogen-bond donors (Lipinski definition) is 1. The molecule has 1 amide bonds. The van der Waals surface area contributed by atoms with Crippen molar-refractivity contribution >= 4 is 28.5 Å². The van der Waals surface area contributed by atoms with E-state index in [0.29, 0.717) is 5.56 Å². The molecular weight excluding hydrogens is 341 g/mol. The van der Waals surface area contributed by atoms with E-state index in [4.69, 9.17) is 0 Å². The Balaban J connectivity index is 2.27. The van der Waals surface area contributed by atoms with E-state index in [1.165, 1.54) is 0 Å². The number of alkyl halides is 1. The molecule has 18 heavy (non-hydrogen) atoms. The van der Waals surface area contributed by atoms with E-state index in [1.807, 2.05) is 37.3 Å². The minimum Gasteiger partial charge on any atom is -0.284 e. The van der Waals surface area contributed by atoms with Crippen LogP contribution in [-0.4, -0.2) is 19.7 Å². The Hall–Kier alpha value is -1.14. The molecule has 0 fully saturated rings. The molecule has 1 aromatic carbocycles. The minimum absolute atomic E-state index is 0.0424.